The van der Waals surface area contributed by atoms with Gasteiger partial charge in [-0.1, -0.05) is 40.8 Å². The van der Waals surface area contributed by atoms with Crippen LogP contribution in [0.4, 0.5) is 0 Å². The van der Waals surface area contributed by atoms with Crippen LogP contribution >= 0.6 is 0 Å². The van der Waals surface area contributed by atoms with Gasteiger partial charge in [0.2, 0.25) is 0 Å². The summed E-state index contributed by atoms with van der Waals surface area (Å²) in [6, 6.07) is 0. The Kier molecular flexibility index (Phi) is 5.19. The summed E-state index contributed by atoms with van der Waals surface area (Å²) in [7, 11) is -1.55. The van der Waals surface area contributed by atoms with Gasteiger partial charge in [-0.25, -0.2) is 0 Å². The summed E-state index contributed by atoms with van der Waals surface area (Å²) in [6.45, 7) is 29.7. The molecular weight excluding hydrogens is 270 g/mol. The molecule has 2 heteroatoms. The zero-order valence-electron chi connectivity index (χ0n) is 16.8. The third-order valence-corrected chi connectivity index (χ3v) is 11.5. The highest BCUT2D eigenvalue weighted by molar-refractivity contribution is 6.76. The molecule has 1 aliphatic rings. The maximum absolute atomic E-state index is 2.91. The Labute approximate surface area is 136 Å². The Bertz CT molecular complexity index is 333. The highest BCUT2D eigenvalue weighted by Gasteiger charge is 2.55. The van der Waals surface area contributed by atoms with Crippen LogP contribution in [0.15, 0.2) is 0 Å². The van der Waals surface area contributed by atoms with E-state index in [1.54, 1.807) is 0 Å². The first-order chi connectivity index (χ1) is 9.13. The van der Waals surface area contributed by atoms with Crippen molar-refractivity contribution in [2.75, 3.05) is 0 Å². The highest BCUT2D eigenvalue weighted by atomic mass is 28.3. The molecule has 0 aromatic carbocycles. The minimum Gasteiger partial charge on any atom is -0.314 e. The third-order valence-electron chi connectivity index (χ3n) is 6.35. The van der Waals surface area contributed by atoms with E-state index in [0.717, 1.165) is 29.2 Å². The lowest BCUT2D eigenvalue weighted by molar-refractivity contribution is 0.120. The fourth-order valence-electron chi connectivity index (χ4n) is 6.26. The van der Waals surface area contributed by atoms with Gasteiger partial charge in [-0.3, -0.25) is 0 Å². The predicted octanol–water partition coefficient (Wildman–Crippen LogP) is 6.02. The molecule has 4 atom stereocenters. The number of hydrogen-bond donors (Lipinski definition) is 0. The lowest BCUT2D eigenvalue weighted by Crippen LogP contribution is -2.67. The van der Waals surface area contributed by atoms with E-state index in [1.807, 2.05) is 0 Å². The summed E-state index contributed by atoms with van der Waals surface area (Å²) in [5.74, 6) is 3.42. The molecule has 1 saturated carbocycles. The van der Waals surface area contributed by atoms with E-state index >= 15 is 0 Å². The molecule has 21 heavy (non-hydrogen) atoms. The average molecular weight is 312 g/mol. The molecule has 0 bridgehead atoms. The van der Waals surface area contributed by atoms with Gasteiger partial charge in [0.25, 0.3) is 0 Å². The molecule has 0 heterocycles. The fraction of sp³-hybridized carbons (Fsp3) is 1.00. The van der Waals surface area contributed by atoms with E-state index in [4.69, 9.17) is 0 Å². The van der Waals surface area contributed by atoms with Crippen molar-refractivity contribution in [3.8, 4) is 0 Å². The summed E-state index contributed by atoms with van der Waals surface area (Å²) < 4.78 is 2.91. The van der Waals surface area contributed by atoms with Crippen molar-refractivity contribution in [3.63, 3.8) is 0 Å². The van der Waals surface area contributed by atoms with Gasteiger partial charge in [-0.15, -0.1) is 0 Å². The summed E-state index contributed by atoms with van der Waals surface area (Å²) in [5.41, 5.74) is 1.37. The quantitative estimate of drug-likeness (QED) is 0.564. The van der Waals surface area contributed by atoms with Gasteiger partial charge in [0.1, 0.15) is 8.24 Å². The fourth-order valence-corrected chi connectivity index (χ4v) is 13.2. The van der Waals surface area contributed by atoms with Crippen LogP contribution in [-0.4, -0.2) is 23.9 Å². The van der Waals surface area contributed by atoms with Crippen LogP contribution in [0.3, 0.4) is 0 Å². The molecule has 0 amide bonds. The second-order valence-electron chi connectivity index (χ2n) is 10.3. The molecule has 1 rings (SSSR count). The number of hydrogen-bond acceptors (Lipinski definition) is 1. The summed E-state index contributed by atoms with van der Waals surface area (Å²) in [4.78, 5) is 0. The standard InChI is InChI=1S/C19H41NSi/c1-13-14(2)16(4)17(15(13)3)21(11,12)20(18(5,6)7)19(8,9)10/h13-17H,1-12H3. The van der Waals surface area contributed by atoms with Gasteiger partial charge in [-0.05, 0) is 70.8 Å². The lowest BCUT2D eigenvalue weighted by atomic mass is 9.92. The molecular formula is C19H41NSi. The zero-order chi connectivity index (χ0) is 17.0. The molecule has 0 N–H and O–H groups in total. The second-order valence-corrected chi connectivity index (χ2v) is 14.7. The van der Waals surface area contributed by atoms with Crippen LogP contribution in [0, 0.1) is 23.7 Å². The van der Waals surface area contributed by atoms with Crippen molar-refractivity contribution in [3.05, 3.63) is 0 Å². The highest BCUT2D eigenvalue weighted by Crippen LogP contribution is 2.55. The van der Waals surface area contributed by atoms with Crippen molar-refractivity contribution in [2.24, 2.45) is 23.7 Å². The van der Waals surface area contributed by atoms with Crippen molar-refractivity contribution >= 4 is 8.24 Å². The normalized spacial score (nSPS) is 35.6. The van der Waals surface area contributed by atoms with Crippen LogP contribution < -0.4 is 0 Å². The zero-order valence-corrected chi connectivity index (χ0v) is 17.8. The Balaban J connectivity index is 3.30. The van der Waals surface area contributed by atoms with Crippen LogP contribution in [0.25, 0.3) is 0 Å². The van der Waals surface area contributed by atoms with Crippen LogP contribution in [0.2, 0.25) is 18.6 Å². The second kappa shape index (κ2) is 5.67. The maximum Gasteiger partial charge on any atom is 0.126 e. The molecule has 4 unspecified atom stereocenters. The van der Waals surface area contributed by atoms with Crippen LogP contribution in [0.5, 0.6) is 0 Å². The molecule has 1 fully saturated rings. The molecule has 0 saturated heterocycles. The first-order valence-corrected chi connectivity index (χ1v) is 12.0. The summed E-state index contributed by atoms with van der Waals surface area (Å²) in [5, 5.41) is 0. The maximum atomic E-state index is 2.91. The smallest absolute Gasteiger partial charge is 0.126 e. The molecule has 0 aliphatic heterocycles. The van der Waals surface area contributed by atoms with Crippen molar-refractivity contribution in [2.45, 2.75) is 99.0 Å². The lowest BCUT2D eigenvalue weighted by Gasteiger charge is -2.57. The van der Waals surface area contributed by atoms with E-state index in [2.05, 4.69) is 86.9 Å². The Morgan fingerprint density at radius 1 is 0.619 bits per heavy atom. The topological polar surface area (TPSA) is 3.24 Å². The van der Waals surface area contributed by atoms with Crippen molar-refractivity contribution in [1.29, 1.82) is 0 Å². The first-order valence-electron chi connectivity index (χ1n) is 8.94. The molecule has 1 aliphatic carbocycles. The Morgan fingerprint density at radius 3 is 1.14 bits per heavy atom. The summed E-state index contributed by atoms with van der Waals surface area (Å²) in [6.07, 6.45) is 0. The van der Waals surface area contributed by atoms with Crippen LogP contribution in [-0.2, 0) is 0 Å². The molecule has 0 aromatic rings. The Hall–Kier alpha value is 0.177. The van der Waals surface area contributed by atoms with E-state index < -0.39 is 8.24 Å². The summed E-state index contributed by atoms with van der Waals surface area (Å²) >= 11 is 0. The van der Waals surface area contributed by atoms with E-state index in [9.17, 15) is 0 Å². The van der Waals surface area contributed by atoms with Gasteiger partial charge in [-0.2, -0.15) is 0 Å². The minimum atomic E-state index is -1.55. The largest absolute Gasteiger partial charge is 0.314 e. The first kappa shape index (κ1) is 19.2. The van der Waals surface area contributed by atoms with E-state index in [0.29, 0.717) is 0 Å². The van der Waals surface area contributed by atoms with Crippen molar-refractivity contribution in [1.82, 2.24) is 4.57 Å². The molecule has 126 valence electrons. The van der Waals surface area contributed by atoms with Crippen molar-refractivity contribution < 1.29 is 0 Å². The van der Waals surface area contributed by atoms with Gasteiger partial charge in [0, 0.05) is 11.1 Å². The van der Waals surface area contributed by atoms with Gasteiger partial charge in [0.15, 0.2) is 0 Å². The molecule has 0 aromatic heterocycles. The molecule has 1 nitrogen and oxygen atoms in total. The van der Waals surface area contributed by atoms with Gasteiger partial charge >= 0.3 is 0 Å². The van der Waals surface area contributed by atoms with E-state index in [1.165, 1.54) is 0 Å². The number of rotatable bonds is 2. The molecule has 0 radical (unpaired) electrons. The average Bonchev–Trinajstić information content (AvgIpc) is 2.38. The predicted molar refractivity (Wildman–Crippen MR) is 99.2 cm³/mol. The molecule has 0 spiro atoms. The van der Waals surface area contributed by atoms with Gasteiger partial charge in [0.05, 0.1) is 0 Å². The third kappa shape index (κ3) is 3.42. The minimum absolute atomic E-state index is 0.239. The monoisotopic (exact) mass is 311 g/mol. The van der Waals surface area contributed by atoms with Gasteiger partial charge < -0.3 is 4.57 Å². The Morgan fingerprint density at radius 2 is 0.905 bits per heavy atom. The number of nitrogens with zero attached hydrogens (tertiary/aromatic N) is 1. The van der Waals surface area contributed by atoms with E-state index in [-0.39, 0.29) is 11.1 Å². The SMILES string of the molecule is CC1C(C)C(C)C([Si](C)(C)N(C(C)(C)C)C(C)(C)C)C1C. The van der Waals surface area contributed by atoms with Crippen LogP contribution in [0.1, 0.15) is 69.2 Å².